The molecule has 2 N–H and O–H groups in total. The van der Waals surface area contributed by atoms with Gasteiger partial charge >= 0.3 is 0 Å². The largest absolute Gasteiger partial charge is 0.333 e. The maximum Gasteiger partial charge on any atom is 0.274 e. The Balaban J connectivity index is 1.80. The molecule has 0 saturated carbocycles. The molecule has 0 radical (unpaired) electrons. The molecule has 3 rings (SSSR count). The monoisotopic (exact) mass is 220 g/mol. The summed E-state index contributed by atoms with van der Waals surface area (Å²) in [6.45, 7) is 4.77. The molecular formula is C11H16N4O. The van der Waals surface area contributed by atoms with Crippen molar-refractivity contribution in [3.8, 4) is 0 Å². The molecule has 5 nitrogen and oxygen atoms in total. The van der Waals surface area contributed by atoms with Crippen molar-refractivity contribution in [1.29, 1.82) is 0 Å². The van der Waals surface area contributed by atoms with Gasteiger partial charge in [-0.15, -0.1) is 0 Å². The number of likely N-dealkylation sites (tertiary alicyclic amines) is 1. The number of nitrogens with one attached hydrogen (secondary N) is 2. The number of fused-ring (bicyclic) bond motifs is 1. The summed E-state index contributed by atoms with van der Waals surface area (Å²) in [7, 11) is 0. The van der Waals surface area contributed by atoms with E-state index in [0.717, 1.165) is 31.7 Å². The van der Waals surface area contributed by atoms with Crippen molar-refractivity contribution in [2.24, 2.45) is 5.92 Å². The SMILES string of the molecule is Cc1cc(C(=O)N2CC[C@H]3CNC[C@H]32)n[nH]1. The highest BCUT2D eigenvalue weighted by atomic mass is 16.2. The predicted molar refractivity (Wildman–Crippen MR) is 59.1 cm³/mol. The van der Waals surface area contributed by atoms with Crippen molar-refractivity contribution in [2.45, 2.75) is 19.4 Å². The Bertz CT molecular complexity index is 414. The Morgan fingerprint density at radius 2 is 2.44 bits per heavy atom. The zero-order valence-corrected chi connectivity index (χ0v) is 9.36. The van der Waals surface area contributed by atoms with Crippen molar-refractivity contribution >= 4 is 5.91 Å². The van der Waals surface area contributed by atoms with Gasteiger partial charge < -0.3 is 10.2 Å². The molecule has 1 amide bonds. The summed E-state index contributed by atoms with van der Waals surface area (Å²) in [5.41, 5.74) is 1.48. The number of amides is 1. The second-order valence-corrected chi connectivity index (χ2v) is 4.71. The van der Waals surface area contributed by atoms with Gasteiger partial charge in [0.25, 0.3) is 5.91 Å². The molecule has 1 aromatic rings. The Kier molecular flexibility index (Phi) is 2.21. The molecule has 0 aliphatic carbocycles. The fourth-order valence-electron chi connectivity index (χ4n) is 2.78. The highest BCUT2D eigenvalue weighted by Gasteiger charge is 2.40. The normalized spacial score (nSPS) is 28.4. The molecular weight excluding hydrogens is 204 g/mol. The minimum Gasteiger partial charge on any atom is -0.333 e. The maximum atomic E-state index is 12.2. The lowest BCUT2D eigenvalue weighted by molar-refractivity contribution is 0.0731. The first kappa shape index (κ1) is 9.84. The molecule has 86 valence electrons. The second-order valence-electron chi connectivity index (χ2n) is 4.71. The Morgan fingerprint density at radius 3 is 3.19 bits per heavy atom. The van der Waals surface area contributed by atoms with Crippen LogP contribution in [-0.2, 0) is 0 Å². The lowest BCUT2D eigenvalue weighted by Crippen LogP contribution is -2.39. The first-order valence-corrected chi connectivity index (χ1v) is 5.79. The molecule has 0 unspecified atom stereocenters. The van der Waals surface area contributed by atoms with Gasteiger partial charge in [-0.3, -0.25) is 9.89 Å². The van der Waals surface area contributed by atoms with Crippen LogP contribution >= 0.6 is 0 Å². The van der Waals surface area contributed by atoms with E-state index in [1.54, 1.807) is 0 Å². The van der Waals surface area contributed by atoms with E-state index in [-0.39, 0.29) is 5.91 Å². The van der Waals surface area contributed by atoms with Crippen molar-refractivity contribution in [3.63, 3.8) is 0 Å². The topological polar surface area (TPSA) is 61.0 Å². The average Bonchev–Trinajstić information content (AvgIpc) is 2.90. The molecule has 3 heterocycles. The summed E-state index contributed by atoms with van der Waals surface area (Å²) in [5.74, 6) is 0.713. The van der Waals surface area contributed by atoms with E-state index in [2.05, 4.69) is 15.5 Å². The first-order chi connectivity index (χ1) is 7.75. The molecule has 16 heavy (non-hydrogen) atoms. The minimum atomic E-state index is 0.0700. The average molecular weight is 220 g/mol. The van der Waals surface area contributed by atoms with Crippen LogP contribution in [0.25, 0.3) is 0 Å². The number of rotatable bonds is 1. The Labute approximate surface area is 94.2 Å². The highest BCUT2D eigenvalue weighted by molar-refractivity contribution is 5.92. The van der Waals surface area contributed by atoms with Crippen LogP contribution in [0.4, 0.5) is 0 Å². The molecule has 5 heteroatoms. The number of aromatic amines is 1. The summed E-state index contributed by atoms with van der Waals surface area (Å²) in [5, 5.41) is 10.2. The molecule has 1 aromatic heterocycles. The maximum absolute atomic E-state index is 12.2. The summed E-state index contributed by atoms with van der Waals surface area (Å²) in [6, 6.07) is 2.20. The third-order valence-corrected chi connectivity index (χ3v) is 3.63. The summed E-state index contributed by atoms with van der Waals surface area (Å²) in [6.07, 6.45) is 1.12. The van der Waals surface area contributed by atoms with Crippen LogP contribution in [0, 0.1) is 12.8 Å². The van der Waals surface area contributed by atoms with E-state index in [9.17, 15) is 4.79 Å². The lowest BCUT2D eigenvalue weighted by Gasteiger charge is -2.22. The third-order valence-electron chi connectivity index (χ3n) is 3.63. The van der Waals surface area contributed by atoms with Crippen LogP contribution in [0.3, 0.4) is 0 Å². The van der Waals surface area contributed by atoms with Gasteiger partial charge in [0.05, 0.1) is 0 Å². The molecule has 2 saturated heterocycles. The summed E-state index contributed by atoms with van der Waals surface area (Å²) in [4.78, 5) is 14.2. The van der Waals surface area contributed by atoms with E-state index in [0.29, 0.717) is 17.7 Å². The molecule has 2 fully saturated rings. The number of hydrogen-bond acceptors (Lipinski definition) is 3. The Hall–Kier alpha value is -1.36. The van der Waals surface area contributed by atoms with Crippen LogP contribution in [0.1, 0.15) is 22.6 Å². The number of hydrogen-bond donors (Lipinski definition) is 2. The molecule has 2 aliphatic heterocycles. The van der Waals surface area contributed by atoms with E-state index in [4.69, 9.17) is 0 Å². The Morgan fingerprint density at radius 1 is 1.56 bits per heavy atom. The van der Waals surface area contributed by atoms with Gasteiger partial charge in [-0.2, -0.15) is 5.10 Å². The van der Waals surface area contributed by atoms with Gasteiger partial charge in [-0.05, 0) is 25.3 Å². The van der Waals surface area contributed by atoms with Gasteiger partial charge in [-0.1, -0.05) is 0 Å². The molecule has 0 aromatic carbocycles. The number of nitrogens with zero attached hydrogens (tertiary/aromatic N) is 2. The highest BCUT2D eigenvalue weighted by Crippen LogP contribution is 2.28. The van der Waals surface area contributed by atoms with Gasteiger partial charge in [0.1, 0.15) is 5.69 Å². The number of aromatic nitrogens is 2. The molecule has 2 aliphatic rings. The van der Waals surface area contributed by atoms with Crippen molar-refractivity contribution in [2.75, 3.05) is 19.6 Å². The van der Waals surface area contributed by atoms with E-state index in [1.807, 2.05) is 17.9 Å². The van der Waals surface area contributed by atoms with E-state index < -0.39 is 0 Å². The quantitative estimate of drug-likeness (QED) is 0.708. The fourth-order valence-corrected chi connectivity index (χ4v) is 2.78. The second kappa shape index (κ2) is 3.59. The van der Waals surface area contributed by atoms with Gasteiger partial charge in [0.2, 0.25) is 0 Å². The number of H-pyrrole nitrogens is 1. The van der Waals surface area contributed by atoms with E-state index >= 15 is 0 Å². The molecule has 0 bridgehead atoms. The van der Waals surface area contributed by atoms with Crippen LogP contribution in [-0.4, -0.2) is 46.7 Å². The van der Waals surface area contributed by atoms with Crippen LogP contribution < -0.4 is 5.32 Å². The standard InChI is InChI=1S/C11H16N4O/c1-7-4-9(14-13-7)11(16)15-3-2-8-5-12-6-10(8)15/h4,8,10,12H,2-3,5-6H2,1H3,(H,13,14)/t8-,10+/m0/s1. The number of carbonyl (C=O) groups is 1. The van der Waals surface area contributed by atoms with Crippen molar-refractivity contribution < 1.29 is 4.79 Å². The fraction of sp³-hybridized carbons (Fsp3) is 0.636. The number of aryl methyl sites for hydroxylation is 1. The zero-order valence-electron chi connectivity index (χ0n) is 9.36. The summed E-state index contributed by atoms with van der Waals surface area (Å²) < 4.78 is 0. The first-order valence-electron chi connectivity index (χ1n) is 5.79. The number of carbonyl (C=O) groups excluding carboxylic acids is 1. The zero-order chi connectivity index (χ0) is 11.1. The van der Waals surface area contributed by atoms with Crippen molar-refractivity contribution in [1.82, 2.24) is 20.4 Å². The third kappa shape index (κ3) is 1.43. The smallest absolute Gasteiger partial charge is 0.274 e. The minimum absolute atomic E-state index is 0.0700. The van der Waals surface area contributed by atoms with Gasteiger partial charge in [0.15, 0.2) is 0 Å². The van der Waals surface area contributed by atoms with Crippen LogP contribution in [0.15, 0.2) is 6.07 Å². The van der Waals surface area contributed by atoms with Gasteiger partial charge in [0, 0.05) is 31.4 Å². The van der Waals surface area contributed by atoms with Crippen LogP contribution in [0.5, 0.6) is 0 Å². The predicted octanol–water partition coefficient (Wildman–Crippen LogP) is 0.152. The molecule has 2 atom stereocenters. The summed E-state index contributed by atoms with van der Waals surface area (Å²) >= 11 is 0. The van der Waals surface area contributed by atoms with Crippen LogP contribution in [0.2, 0.25) is 0 Å². The van der Waals surface area contributed by atoms with Gasteiger partial charge in [-0.25, -0.2) is 0 Å². The lowest BCUT2D eigenvalue weighted by atomic mass is 10.1. The molecule has 0 spiro atoms. The van der Waals surface area contributed by atoms with E-state index in [1.165, 1.54) is 0 Å². The van der Waals surface area contributed by atoms with Crippen molar-refractivity contribution in [3.05, 3.63) is 17.5 Å².